The van der Waals surface area contributed by atoms with Gasteiger partial charge in [0.2, 0.25) is 0 Å². The van der Waals surface area contributed by atoms with Gasteiger partial charge in [0.15, 0.2) is 0 Å². The Labute approximate surface area is 124 Å². The molecule has 2 aliphatic rings. The van der Waals surface area contributed by atoms with E-state index in [9.17, 15) is 4.79 Å². The first kappa shape index (κ1) is 14.3. The molecule has 2 heterocycles. The normalized spacial score (nSPS) is 22.3. The third-order valence-electron chi connectivity index (χ3n) is 4.08. The predicted molar refractivity (Wildman–Crippen MR) is 74.5 cm³/mol. The number of aromatic nitrogens is 2. The summed E-state index contributed by atoms with van der Waals surface area (Å²) >= 11 is 0. The van der Waals surface area contributed by atoms with Gasteiger partial charge in [-0.2, -0.15) is 0 Å². The third kappa shape index (κ3) is 3.93. The number of rotatable bonds is 5. The molecule has 0 bridgehead atoms. The lowest BCUT2D eigenvalue weighted by atomic mass is 10.1. The lowest BCUT2D eigenvalue weighted by Gasteiger charge is -2.32. The molecule has 2 amide bonds. The van der Waals surface area contributed by atoms with Gasteiger partial charge < -0.3 is 15.0 Å². The zero-order valence-electron chi connectivity index (χ0n) is 12.4. The number of nitrogens with zero attached hydrogens (tertiary/aromatic N) is 3. The van der Waals surface area contributed by atoms with E-state index in [0.717, 1.165) is 31.9 Å². The number of hydrogen-bond donors (Lipinski definition) is 1. The Morgan fingerprint density at radius 3 is 3.00 bits per heavy atom. The maximum Gasteiger partial charge on any atom is 0.317 e. The van der Waals surface area contributed by atoms with Crippen molar-refractivity contribution in [3.63, 3.8) is 0 Å². The molecule has 1 aliphatic heterocycles. The van der Waals surface area contributed by atoms with Gasteiger partial charge in [0.25, 0.3) is 0 Å². The van der Waals surface area contributed by atoms with Gasteiger partial charge in [-0.3, -0.25) is 0 Å². The minimum Gasteiger partial charge on any atom is -0.376 e. The highest BCUT2D eigenvalue weighted by molar-refractivity contribution is 5.74. The second kappa shape index (κ2) is 6.43. The van der Waals surface area contributed by atoms with Crippen LogP contribution < -0.4 is 5.32 Å². The average molecular weight is 294 g/mol. The van der Waals surface area contributed by atoms with Crippen molar-refractivity contribution in [2.45, 2.75) is 45.3 Å². The average Bonchev–Trinajstić information content (AvgIpc) is 3.25. The Balaban J connectivity index is 1.43. The lowest BCUT2D eigenvalue weighted by Crippen LogP contribution is -2.47. The Bertz CT molecular complexity index is 486. The summed E-state index contributed by atoms with van der Waals surface area (Å²) in [5.41, 5.74) is 1.38. The Kier molecular flexibility index (Phi) is 4.38. The van der Waals surface area contributed by atoms with Crippen LogP contribution in [-0.2, 0) is 11.3 Å². The first-order valence-corrected chi connectivity index (χ1v) is 7.65. The molecule has 0 aromatic carbocycles. The van der Waals surface area contributed by atoms with Gasteiger partial charge in [-0.1, -0.05) is 10.3 Å². The fraction of sp³-hybridized carbons (Fsp3) is 0.786. The van der Waals surface area contributed by atoms with Crippen molar-refractivity contribution in [1.29, 1.82) is 0 Å². The summed E-state index contributed by atoms with van der Waals surface area (Å²) in [4.78, 5) is 14.0. The number of amides is 2. The molecule has 21 heavy (non-hydrogen) atoms. The fourth-order valence-electron chi connectivity index (χ4n) is 2.50. The van der Waals surface area contributed by atoms with E-state index in [1.807, 2.05) is 4.90 Å². The molecule has 1 unspecified atom stereocenters. The fourth-order valence-corrected chi connectivity index (χ4v) is 2.50. The van der Waals surface area contributed by atoms with Crippen molar-refractivity contribution in [3.05, 3.63) is 11.4 Å². The number of urea groups is 1. The molecule has 116 valence electrons. The van der Waals surface area contributed by atoms with Crippen molar-refractivity contribution in [2.75, 3.05) is 19.7 Å². The standard InChI is InChI=1S/C14H22N4O3/c1-10-13(17-21-16-10)7-15-14(19)18-6-2-3-12(8-18)20-9-11-4-5-11/h11-12H,2-9H2,1H3,(H,15,19). The van der Waals surface area contributed by atoms with Crippen molar-refractivity contribution in [1.82, 2.24) is 20.5 Å². The Morgan fingerprint density at radius 1 is 1.43 bits per heavy atom. The van der Waals surface area contributed by atoms with E-state index in [0.29, 0.717) is 24.5 Å². The third-order valence-corrected chi connectivity index (χ3v) is 4.08. The van der Waals surface area contributed by atoms with E-state index in [4.69, 9.17) is 4.74 Å². The molecule has 1 N–H and O–H groups in total. The molecule has 1 saturated heterocycles. The van der Waals surface area contributed by atoms with E-state index >= 15 is 0 Å². The number of piperidine rings is 1. The molecule has 1 aromatic heterocycles. The number of nitrogens with one attached hydrogen (secondary N) is 1. The highest BCUT2D eigenvalue weighted by Gasteiger charge is 2.27. The molecule has 1 atom stereocenters. The van der Waals surface area contributed by atoms with E-state index in [1.54, 1.807) is 6.92 Å². The van der Waals surface area contributed by atoms with E-state index in [-0.39, 0.29) is 12.1 Å². The van der Waals surface area contributed by atoms with Crippen LogP contribution in [0.2, 0.25) is 0 Å². The van der Waals surface area contributed by atoms with Crippen molar-refractivity contribution in [2.24, 2.45) is 5.92 Å². The van der Waals surface area contributed by atoms with Gasteiger partial charge in [-0.25, -0.2) is 9.42 Å². The summed E-state index contributed by atoms with van der Waals surface area (Å²) in [7, 11) is 0. The molecule has 0 radical (unpaired) electrons. The molecular weight excluding hydrogens is 272 g/mol. The van der Waals surface area contributed by atoms with Gasteiger partial charge >= 0.3 is 6.03 Å². The molecule has 1 saturated carbocycles. The molecule has 1 aliphatic carbocycles. The quantitative estimate of drug-likeness (QED) is 0.889. The number of hydrogen-bond acceptors (Lipinski definition) is 5. The second-order valence-corrected chi connectivity index (χ2v) is 5.94. The molecule has 1 aromatic rings. The van der Waals surface area contributed by atoms with Crippen molar-refractivity contribution < 1.29 is 14.2 Å². The minimum atomic E-state index is -0.0721. The molecule has 7 heteroatoms. The SMILES string of the molecule is Cc1nonc1CNC(=O)N1CCCC(OCC2CC2)C1. The Hall–Kier alpha value is -1.63. The summed E-state index contributed by atoms with van der Waals surface area (Å²) < 4.78 is 10.5. The predicted octanol–water partition coefficient (Wildman–Crippen LogP) is 1.48. The molecule has 3 rings (SSSR count). The topological polar surface area (TPSA) is 80.5 Å². The summed E-state index contributed by atoms with van der Waals surface area (Å²) in [6.45, 7) is 4.46. The van der Waals surface area contributed by atoms with Crippen LogP contribution in [0.4, 0.5) is 4.79 Å². The van der Waals surface area contributed by atoms with Crippen LogP contribution >= 0.6 is 0 Å². The zero-order chi connectivity index (χ0) is 14.7. The first-order valence-electron chi connectivity index (χ1n) is 7.65. The van der Waals surface area contributed by atoms with Crippen molar-refractivity contribution >= 4 is 6.03 Å². The van der Waals surface area contributed by atoms with E-state index in [1.165, 1.54) is 12.8 Å². The highest BCUT2D eigenvalue weighted by atomic mass is 16.6. The summed E-state index contributed by atoms with van der Waals surface area (Å²) in [5.74, 6) is 0.761. The Morgan fingerprint density at radius 2 is 2.29 bits per heavy atom. The summed E-state index contributed by atoms with van der Waals surface area (Å²) in [6, 6.07) is -0.0721. The minimum absolute atomic E-state index is 0.0721. The largest absolute Gasteiger partial charge is 0.376 e. The number of aryl methyl sites for hydroxylation is 1. The first-order chi connectivity index (χ1) is 10.2. The molecular formula is C14H22N4O3. The van der Waals surface area contributed by atoms with Crippen LogP contribution in [0.1, 0.15) is 37.1 Å². The lowest BCUT2D eigenvalue weighted by molar-refractivity contribution is 0.00453. The van der Waals surface area contributed by atoms with Crippen LogP contribution in [0.15, 0.2) is 4.63 Å². The zero-order valence-corrected chi connectivity index (χ0v) is 12.4. The van der Waals surface area contributed by atoms with Gasteiger partial charge in [-0.15, -0.1) is 0 Å². The summed E-state index contributed by atoms with van der Waals surface area (Å²) in [5, 5.41) is 10.3. The van der Waals surface area contributed by atoms with Crippen LogP contribution in [0, 0.1) is 12.8 Å². The van der Waals surface area contributed by atoms with Crippen LogP contribution in [0.25, 0.3) is 0 Å². The second-order valence-electron chi connectivity index (χ2n) is 5.94. The van der Waals surface area contributed by atoms with Crippen LogP contribution in [0.5, 0.6) is 0 Å². The highest BCUT2D eigenvalue weighted by Crippen LogP contribution is 2.29. The van der Waals surface area contributed by atoms with Gasteiger partial charge in [-0.05, 0) is 38.5 Å². The van der Waals surface area contributed by atoms with Gasteiger partial charge in [0.1, 0.15) is 11.4 Å². The maximum absolute atomic E-state index is 12.2. The molecule has 0 spiro atoms. The number of likely N-dealkylation sites (tertiary alicyclic amines) is 1. The number of carbonyl (C=O) groups excluding carboxylic acids is 1. The number of ether oxygens (including phenoxy) is 1. The maximum atomic E-state index is 12.2. The van der Waals surface area contributed by atoms with Gasteiger partial charge in [0, 0.05) is 19.7 Å². The van der Waals surface area contributed by atoms with E-state index < -0.39 is 0 Å². The molecule has 2 fully saturated rings. The number of carbonyl (C=O) groups is 1. The van der Waals surface area contributed by atoms with Crippen LogP contribution in [0.3, 0.4) is 0 Å². The van der Waals surface area contributed by atoms with Crippen molar-refractivity contribution in [3.8, 4) is 0 Å². The molecule has 7 nitrogen and oxygen atoms in total. The smallest absolute Gasteiger partial charge is 0.317 e. The monoisotopic (exact) mass is 294 g/mol. The van der Waals surface area contributed by atoms with Crippen LogP contribution in [-0.4, -0.2) is 47.0 Å². The summed E-state index contributed by atoms with van der Waals surface area (Å²) in [6.07, 6.45) is 4.81. The van der Waals surface area contributed by atoms with E-state index in [2.05, 4.69) is 20.3 Å². The van der Waals surface area contributed by atoms with Gasteiger partial charge in [0.05, 0.1) is 12.6 Å².